The van der Waals surface area contributed by atoms with E-state index < -0.39 is 0 Å². The van der Waals surface area contributed by atoms with Crippen LogP contribution in [0.2, 0.25) is 0 Å². The van der Waals surface area contributed by atoms with E-state index >= 15 is 0 Å². The van der Waals surface area contributed by atoms with Gasteiger partial charge in [-0.05, 0) is 44.7 Å². The minimum Gasteiger partial charge on any atom is -0.368 e. The lowest BCUT2D eigenvalue weighted by Gasteiger charge is -2.35. The Morgan fingerprint density at radius 2 is 1.42 bits per heavy atom. The monoisotopic (exact) mass is 374 g/mol. The molecule has 26 heavy (non-hydrogen) atoms. The molecule has 0 aromatic heterocycles. The number of rotatable bonds is 3. The molecule has 2 aromatic carbocycles. The minimum atomic E-state index is 0. The van der Waals surface area contributed by atoms with Crippen molar-refractivity contribution in [2.75, 3.05) is 38.1 Å². The van der Waals surface area contributed by atoms with Crippen LogP contribution in [0.25, 0.3) is 0 Å². The SMILES string of the molecule is C.C.CC.Cc1ccc(Sc2ccccc2N2CCN(C)CC2)c(C)c1. The lowest BCUT2D eigenvalue weighted by Crippen LogP contribution is -2.44. The number of nitrogens with zero attached hydrogens (tertiary/aromatic N) is 2. The third-order valence-corrected chi connectivity index (χ3v) is 5.50. The van der Waals surface area contributed by atoms with Crippen molar-refractivity contribution in [3.05, 3.63) is 53.6 Å². The minimum absolute atomic E-state index is 0. The molecule has 146 valence electrons. The molecule has 3 rings (SSSR count). The number of aryl methyl sites for hydroxylation is 2. The first-order chi connectivity index (χ1) is 11.6. The van der Waals surface area contributed by atoms with E-state index in [-0.39, 0.29) is 14.9 Å². The predicted molar refractivity (Wildman–Crippen MR) is 121 cm³/mol. The van der Waals surface area contributed by atoms with Gasteiger partial charge in [0, 0.05) is 36.0 Å². The first-order valence-electron chi connectivity index (χ1n) is 8.91. The summed E-state index contributed by atoms with van der Waals surface area (Å²) in [5.41, 5.74) is 4.06. The summed E-state index contributed by atoms with van der Waals surface area (Å²) in [5, 5.41) is 0. The van der Waals surface area contributed by atoms with E-state index in [0.717, 1.165) is 26.2 Å². The molecule has 0 unspecified atom stereocenters. The third kappa shape index (κ3) is 6.37. The van der Waals surface area contributed by atoms with Gasteiger partial charge < -0.3 is 9.80 Å². The molecule has 0 atom stereocenters. The Bertz CT molecular complexity index is 646. The van der Waals surface area contributed by atoms with Crippen molar-refractivity contribution in [3.8, 4) is 0 Å². The molecule has 1 aliphatic rings. The Labute approximate surface area is 166 Å². The normalized spacial score (nSPS) is 13.8. The summed E-state index contributed by atoms with van der Waals surface area (Å²) in [6, 6.07) is 15.5. The van der Waals surface area contributed by atoms with E-state index in [1.165, 1.54) is 26.6 Å². The highest BCUT2D eigenvalue weighted by Gasteiger charge is 2.17. The second-order valence-electron chi connectivity index (χ2n) is 6.13. The molecule has 0 N–H and O–H groups in total. The van der Waals surface area contributed by atoms with Gasteiger partial charge in [-0.25, -0.2) is 0 Å². The molecule has 0 aliphatic carbocycles. The van der Waals surface area contributed by atoms with Crippen molar-refractivity contribution in [2.45, 2.75) is 52.3 Å². The lowest BCUT2D eigenvalue weighted by molar-refractivity contribution is 0.312. The molecule has 2 nitrogen and oxygen atoms in total. The van der Waals surface area contributed by atoms with E-state index in [4.69, 9.17) is 0 Å². The average molecular weight is 375 g/mol. The summed E-state index contributed by atoms with van der Waals surface area (Å²) < 4.78 is 0. The molecule has 1 aliphatic heterocycles. The zero-order valence-corrected chi connectivity index (χ0v) is 16.5. The predicted octanol–water partition coefficient (Wildman–Crippen LogP) is 6.50. The number of hydrogen-bond donors (Lipinski definition) is 0. The molecule has 0 saturated carbocycles. The van der Waals surface area contributed by atoms with Crippen LogP contribution in [0.4, 0.5) is 5.69 Å². The summed E-state index contributed by atoms with van der Waals surface area (Å²) in [7, 11) is 2.20. The Morgan fingerprint density at radius 1 is 0.808 bits per heavy atom. The molecular weight excluding hydrogens is 336 g/mol. The van der Waals surface area contributed by atoms with Crippen molar-refractivity contribution < 1.29 is 0 Å². The fourth-order valence-corrected chi connectivity index (χ4v) is 3.93. The van der Waals surface area contributed by atoms with Crippen molar-refractivity contribution in [3.63, 3.8) is 0 Å². The molecule has 0 bridgehead atoms. The number of para-hydroxylation sites is 1. The van der Waals surface area contributed by atoms with Crippen molar-refractivity contribution >= 4 is 17.4 Å². The third-order valence-electron chi connectivity index (χ3n) is 4.26. The maximum Gasteiger partial charge on any atom is 0.0508 e. The molecular formula is C23H38N2S. The van der Waals surface area contributed by atoms with Gasteiger partial charge >= 0.3 is 0 Å². The van der Waals surface area contributed by atoms with Crippen LogP contribution in [-0.2, 0) is 0 Å². The van der Waals surface area contributed by atoms with Crippen LogP contribution in [0.5, 0.6) is 0 Å². The van der Waals surface area contributed by atoms with Gasteiger partial charge in [0.1, 0.15) is 0 Å². The standard InChI is InChI=1S/C19H24N2S.C2H6.2CH4/c1-15-8-9-18(16(2)14-15)22-19-7-5-4-6-17(19)21-12-10-20(3)11-13-21;1-2;;/h4-9,14H,10-13H2,1-3H3;1-2H3;2*1H4. The van der Waals surface area contributed by atoms with E-state index in [9.17, 15) is 0 Å². The smallest absolute Gasteiger partial charge is 0.0508 e. The molecule has 0 spiro atoms. The highest BCUT2D eigenvalue weighted by molar-refractivity contribution is 7.99. The fourth-order valence-electron chi connectivity index (χ4n) is 2.88. The topological polar surface area (TPSA) is 6.48 Å². The Hall–Kier alpha value is -1.45. The van der Waals surface area contributed by atoms with Gasteiger partial charge in [0.2, 0.25) is 0 Å². The van der Waals surface area contributed by atoms with Gasteiger partial charge in [-0.3, -0.25) is 0 Å². The van der Waals surface area contributed by atoms with Gasteiger partial charge in [-0.15, -0.1) is 0 Å². The summed E-state index contributed by atoms with van der Waals surface area (Å²) in [4.78, 5) is 7.63. The van der Waals surface area contributed by atoms with Crippen LogP contribution in [0.3, 0.4) is 0 Å². The highest BCUT2D eigenvalue weighted by Crippen LogP contribution is 2.37. The van der Waals surface area contributed by atoms with Crippen molar-refractivity contribution in [2.24, 2.45) is 0 Å². The number of hydrogen-bond acceptors (Lipinski definition) is 3. The van der Waals surface area contributed by atoms with Crippen LogP contribution in [-0.4, -0.2) is 38.1 Å². The second kappa shape index (κ2) is 12.0. The number of piperazine rings is 1. The molecule has 1 heterocycles. The van der Waals surface area contributed by atoms with Crippen LogP contribution in [0.1, 0.15) is 39.8 Å². The van der Waals surface area contributed by atoms with Crippen LogP contribution in [0.15, 0.2) is 52.3 Å². The average Bonchev–Trinajstić information content (AvgIpc) is 2.60. The second-order valence-corrected chi connectivity index (χ2v) is 7.21. The highest BCUT2D eigenvalue weighted by atomic mass is 32.2. The molecule has 1 fully saturated rings. The lowest BCUT2D eigenvalue weighted by atomic mass is 10.2. The number of anilines is 1. The van der Waals surface area contributed by atoms with Gasteiger partial charge in [-0.1, -0.05) is 70.3 Å². The first kappa shape index (κ1) is 24.6. The van der Waals surface area contributed by atoms with E-state index in [2.05, 4.69) is 73.2 Å². The summed E-state index contributed by atoms with van der Waals surface area (Å²) in [5.74, 6) is 0. The summed E-state index contributed by atoms with van der Waals surface area (Å²) in [6.07, 6.45) is 0. The van der Waals surface area contributed by atoms with Crippen molar-refractivity contribution in [1.82, 2.24) is 4.90 Å². The largest absolute Gasteiger partial charge is 0.368 e. The van der Waals surface area contributed by atoms with E-state index in [1.807, 2.05) is 25.6 Å². The Morgan fingerprint density at radius 3 is 2.04 bits per heavy atom. The zero-order valence-electron chi connectivity index (χ0n) is 15.7. The van der Waals surface area contributed by atoms with Crippen LogP contribution >= 0.6 is 11.8 Å². The van der Waals surface area contributed by atoms with Gasteiger partial charge in [0.15, 0.2) is 0 Å². The summed E-state index contributed by atoms with van der Waals surface area (Å²) >= 11 is 1.89. The number of benzene rings is 2. The van der Waals surface area contributed by atoms with Gasteiger partial charge in [-0.2, -0.15) is 0 Å². The maximum atomic E-state index is 2.52. The molecule has 1 saturated heterocycles. The zero-order chi connectivity index (χ0) is 17.5. The molecule has 0 radical (unpaired) electrons. The molecule has 0 amide bonds. The fraction of sp³-hybridized carbons (Fsp3) is 0.478. The van der Waals surface area contributed by atoms with Crippen LogP contribution < -0.4 is 4.90 Å². The van der Waals surface area contributed by atoms with Gasteiger partial charge in [0.05, 0.1) is 5.69 Å². The maximum absolute atomic E-state index is 2.52. The van der Waals surface area contributed by atoms with Crippen LogP contribution in [0, 0.1) is 13.8 Å². The number of likely N-dealkylation sites (N-methyl/N-ethyl adjacent to an activating group) is 1. The Balaban J connectivity index is 0.00000151. The van der Waals surface area contributed by atoms with E-state index in [0.29, 0.717) is 0 Å². The first-order valence-corrected chi connectivity index (χ1v) is 9.73. The Kier molecular flexibility index (Phi) is 11.4. The molecule has 3 heteroatoms. The quantitative estimate of drug-likeness (QED) is 0.605. The van der Waals surface area contributed by atoms with Crippen molar-refractivity contribution in [1.29, 1.82) is 0 Å². The molecule has 2 aromatic rings. The van der Waals surface area contributed by atoms with Gasteiger partial charge in [0.25, 0.3) is 0 Å². The van der Waals surface area contributed by atoms with E-state index in [1.54, 1.807) is 0 Å². The summed E-state index contributed by atoms with van der Waals surface area (Å²) in [6.45, 7) is 12.9.